The number of hydrogen-bond acceptors (Lipinski definition) is 1. The maximum Gasteiger partial charge on any atom is 0.129 e. The minimum atomic E-state index is 0.626. The molecule has 0 spiro atoms. The third kappa shape index (κ3) is 3.49. The van der Waals surface area contributed by atoms with Gasteiger partial charge < -0.3 is 0 Å². The molecule has 0 unspecified atom stereocenters. The highest BCUT2D eigenvalue weighted by molar-refractivity contribution is 6.29. The van der Waals surface area contributed by atoms with E-state index in [0.29, 0.717) is 5.15 Å². The summed E-state index contributed by atoms with van der Waals surface area (Å²) in [5.41, 5.74) is 1.35. The lowest BCUT2D eigenvalue weighted by Gasteiger charge is -2.13. The number of halogens is 1. The summed E-state index contributed by atoms with van der Waals surface area (Å²) in [6.07, 6.45) is 11.4. The molecule has 0 radical (unpaired) electrons. The second-order valence-electron chi connectivity index (χ2n) is 4.55. The fourth-order valence-corrected chi connectivity index (χ4v) is 2.67. The summed E-state index contributed by atoms with van der Waals surface area (Å²) >= 11 is 5.88. The van der Waals surface area contributed by atoms with Crippen molar-refractivity contribution in [2.45, 2.75) is 44.9 Å². The molecule has 2 rings (SSSR count). The van der Waals surface area contributed by atoms with E-state index in [1.54, 1.807) is 0 Å². The van der Waals surface area contributed by atoms with Crippen LogP contribution < -0.4 is 0 Å². The van der Waals surface area contributed by atoms with Crippen LogP contribution in [0.15, 0.2) is 18.3 Å². The van der Waals surface area contributed by atoms with Crippen LogP contribution in [0, 0.1) is 5.92 Å². The van der Waals surface area contributed by atoms with Crippen LogP contribution in [0.5, 0.6) is 0 Å². The van der Waals surface area contributed by atoms with Crippen molar-refractivity contribution in [1.29, 1.82) is 0 Å². The molecule has 0 atom stereocenters. The zero-order chi connectivity index (χ0) is 10.5. The van der Waals surface area contributed by atoms with Gasteiger partial charge in [-0.2, -0.15) is 0 Å². The number of rotatable bonds is 2. The molecule has 0 N–H and O–H groups in total. The average molecular weight is 224 g/mol. The molecule has 0 saturated heterocycles. The molecule has 82 valence electrons. The molecule has 1 heterocycles. The first kappa shape index (κ1) is 10.9. The number of pyridine rings is 1. The van der Waals surface area contributed by atoms with Crippen molar-refractivity contribution in [1.82, 2.24) is 4.98 Å². The quantitative estimate of drug-likeness (QED) is 0.540. The first-order chi connectivity index (χ1) is 7.34. The minimum absolute atomic E-state index is 0.626. The fraction of sp³-hybridized carbons (Fsp3) is 0.615. The van der Waals surface area contributed by atoms with Crippen molar-refractivity contribution in [3.63, 3.8) is 0 Å². The Labute approximate surface area is 96.9 Å². The van der Waals surface area contributed by atoms with Crippen LogP contribution in [0.2, 0.25) is 5.15 Å². The first-order valence-corrected chi connectivity index (χ1v) is 6.33. The Kier molecular flexibility index (Phi) is 4.01. The maximum atomic E-state index is 5.88. The van der Waals surface area contributed by atoms with Gasteiger partial charge in [-0.3, -0.25) is 0 Å². The van der Waals surface area contributed by atoms with Gasteiger partial charge in [0, 0.05) is 6.20 Å². The maximum absolute atomic E-state index is 5.88. The lowest BCUT2D eigenvalue weighted by molar-refractivity contribution is 0.458. The normalized spacial score (nSPS) is 18.7. The van der Waals surface area contributed by atoms with Gasteiger partial charge in [0.05, 0.1) is 0 Å². The van der Waals surface area contributed by atoms with Gasteiger partial charge in [0.1, 0.15) is 5.15 Å². The largest absolute Gasteiger partial charge is 0.245 e. The monoisotopic (exact) mass is 223 g/mol. The van der Waals surface area contributed by atoms with Crippen LogP contribution in [0.4, 0.5) is 0 Å². The van der Waals surface area contributed by atoms with Crippen molar-refractivity contribution in [2.24, 2.45) is 5.92 Å². The summed E-state index contributed by atoms with van der Waals surface area (Å²) in [6, 6.07) is 4.10. The second kappa shape index (κ2) is 5.50. The van der Waals surface area contributed by atoms with Crippen molar-refractivity contribution >= 4 is 11.6 Å². The molecular weight excluding hydrogens is 206 g/mol. The SMILES string of the molecule is Clc1cc(CC2CCCCCC2)ccn1. The average Bonchev–Trinajstić information content (AvgIpc) is 2.46. The smallest absolute Gasteiger partial charge is 0.129 e. The Hall–Kier alpha value is -0.560. The standard InChI is InChI=1S/C13H18ClN/c14-13-10-12(7-8-15-13)9-11-5-3-1-2-4-6-11/h7-8,10-11H,1-6,9H2. The van der Waals surface area contributed by atoms with Gasteiger partial charge in [-0.05, 0) is 30.0 Å². The molecule has 2 heteroatoms. The van der Waals surface area contributed by atoms with Crippen molar-refractivity contribution in [2.75, 3.05) is 0 Å². The molecule has 1 nitrogen and oxygen atoms in total. The third-order valence-electron chi connectivity index (χ3n) is 3.29. The molecule has 1 aromatic heterocycles. The third-order valence-corrected chi connectivity index (χ3v) is 3.50. The molecule has 0 aromatic carbocycles. The predicted molar refractivity (Wildman–Crippen MR) is 64.1 cm³/mol. The molecule has 1 saturated carbocycles. The fourth-order valence-electron chi connectivity index (χ4n) is 2.47. The lowest BCUT2D eigenvalue weighted by atomic mass is 9.93. The van der Waals surface area contributed by atoms with Gasteiger partial charge in [0.25, 0.3) is 0 Å². The molecule has 0 amide bonds. The number of aromatic nitrogens is 1. The molecule has 1 aromatic rings. The highest BCUT2D eigenvalue weighted by Gasteiger charge is 2.12. The Bertz CT molecular complexity index is 303. The summed E-state index contributed by atoms with van der Waals surface area (Å²) < 4.78 is 0. The van der Waals surface area contributed by atoms with Gasteiger partial charge in [-0.1, -0.05) is 50.1 Å². The van der Waals surface area contributed by atoms with E-state index in [4.69, 9.17) is 11.6 Å². The van der Waals surface area contributed by atoms with E-state index in [9.17, 15) is 0 Å². The molecule has 0 bridgehead atoms. The summed E-state index contributed by atoms with van der Waals surface area (Å²) in [4.78, 5) is 4.02. The molecule has 1 aliphatic rings. The molecule has 0 aliphatic heterocycles. The van der Waals surface area contributed by atoms with Crippen LogP contribution in [0.1, 0.15) is 44.1 Å². The van der Waals surface area contributed by atoms with Gasteiger partial charge >= 0.3 is 0 Å². The Morgan fingerprint density at radius 1 is 1.20 bits per heavy atom. The highest BCUT2D eigenvalue weighted by Crippen LogP contribution is 2.26. The van der Waals surface area contributed by atoms with Crippen LogP contribution in [0.3, 0.4) is 0 Å². The van der Waals surface area contributed by atoms with Crippen LogP contribution in [0.25, 0.3) is 0 Å². The molecule has 1 aliphatic carbocycles. The summed E-state index contributed by atoms with van der Waals surface area (Å²) in [7, 11) is 0. The number of hydrogen-bond donors (Lipinski definition) is 0. The van der Waals surface area contributed by atoms with Gasteiger partial charge in [0.2, 0.25) is 0 Å². The molecular formula is C13H18ClN. The molecule has 15 heavy (non-hydrogen) atoms. The molecule has 1 fully saturated rings. The van der Waals surface area contributed by atoms with E-state index in [1.165, 1.54) is 50.5 Å². The Balaban J connectivity index is 1.95. The van der Waals surface area contributed by atoms with Crippen LogP contribution in [-0.4, -0.2) is 4.98 Å². The van der Waals surface area contributed by atoms with E-state index < -0.39 is 0 Å². The van der Waals surface area contributed by atoms with Crippen LogP contribution in [-0.2, 0) is 6.42 Å². The van der Waals surface area contributed by atoms with Crippen molar-refractivity contribution < 1.29 is 0 Å². The predicted octanol–water partition coefficient (Wildman–Crippen LogP) is 4.25. The lowest BCUT2D eigenvalue weighted by Crippen LogP contribution is -2.03. The van der Waals surface area contributed by atoms with Gasteiger partial charge in [-0.25, -0.2) is 4.98 Å². The van der Waals surface area contributed by atoms with E-state index in [0.717, 1.165) is 5.92 Å². The Morgan fingerprint density at radius 3 is 2.60 bits per heavy atom. The van der Waals surface area contributed by atoms with Gasteiger partial charge in [-0.15, -0.1) is 0 Å². The zero-order valence-electron chi connectivity index (χ0n) is 9.08. The minimum Gasteiger partial charge on any atom is -0.245 e. The zero-order valence-corrected chi connectivity index (χ0v) is 9.84. The topological polar surface area (TPSA) is 12.9 Å². The van der Waals surface area contributed by atoms with E-state index in [1.807, 2.05) is 12.3 Å². The summed E-state index contributed by atoms with van der Waals surface area (Å²) in [6.45, 7) is 0. The first-order valence-electron chi connectivity index (χ1n) is 5.95. The van der Waals surface area contributed by atoms with E-state index in [2.05, 4.69) is 11.1 Å². The van der Waals surface area contributed by atoms with Crippen LogP contribution >= 0.6 is 11.6 Å². The van der Waals surface area contributed by atoms with Crippen molar-refractivity contribution in [3.8, 4) is 0 Å². The van der Waals surface area contributed by atoms with E-state index >= 15 is 0 Å². The highest BCUT2D eigenvalue weighted by atomic mass is 35.5. The van der Waals surface area contributed by atoms with E-state index in [-0.39, 0.29) is 0 Å². The Morgan fingerprint density at radius 2 is 1.93 bits per heavy atom. The number of nitrogens with zero attached hydrogens (tertiary/aromatic N) is 1. The van der Waals surface area contributed by atoms with Gasteiger partial charge in [0.15, 0.2) is 0 Å². The van der Waals surface area contributed by atoms with Crippen molar-refractivity contribution in [3.05, 3.63) is 29.0 Å². The second-order valence-corrected chi connectivity index (χ2v) is 4.94. The summed E-state index contributed by atoms with van der Waals surface area (Å²) in [5, 5.41) is 0.626. The summed E-state index contributed by atoms with van der Waals surface area (Å²) in [5.74, 6) is 0.867.